The lowest BCUT2D eigenvalue weighted by molar-refractivity contribution is -0.121. The highest BCUT2D eigenvalue weighted by Crippen LogP contribution is 2.19. The van der Waals surface area contributed by atoms with Crippen LogP contribution in [0, 0.1) is 5.92 Å². The van der Waals surface area contributed by atoms with Crippen molar-refractivity contribution in [1.82, 2.24) is 5.32 Å². The van der Waals surface area contributed by atoms with E-state index < -0.39 is 5.38 Å². The number of hydrogen-bond donors (Lipinski definition) is 1. The van der Waals surface area contributed by atoms with Crippen LogP contribution in [0.5, 0.6) is 0 Å². The van der Waals surface area contributed by atoms with Gasteiger partial charge in [-0.2, -0.15) is 0 Å². The lowest BCUT2D eigenvalue weighted by Gasteiger charge is -2.13. The fraction of sp³-hybridized carbons (Fsp3) is 0.462. The number of carbonyl (C=O) groups is 1. The molecule has 0 radical (unpaired) electrons. The molecule has 1 rings (SSSR count). The van der Waals surface area contributed by atoms with Crippen molar-refractivity contribution in [1.29, 1.82) is 0 Å². The highest BCUT2D eigenvalue weighted by atomic mass is 35.5. The lowest BCUT2D eigenvalue weighted by Crippen LogP contribution is -2.30. The average Bonchev–Trinajstić information content (AvgIpc) is 2.35. The second kappa shape index (κ2) is 6.54. The molecule has 0 aliphatic carbocycles. The van der Waals surface area contributed by atoms with E-state index in [1.807, 2.05) is 30.3 Å². The zero-order valence-electron chi connectivity index (χ0n) is 9.74. The molecule has 2 atom stereocenters. The summed E-state index contributed by atoms with van der Waals surface area (Å²) in [5.74, 6) is 0.372. The minimum absolute atomic E-state index is 0.117. The first-order valence-corrected chi connectivity index (χ1v) is 6.05. The van der Waals surface area contributed by atoms with Crippen molar-refractivity contribution in [3.8, 4) is 0 Å². The first-order chi connectivity index (χ1) is 7.65. The van der Waals surface area contributed by atoms with Crippen molar-refractivity contribution in [2.45, 2.75) is 25.6 Å². The number of rotatable bonds is 5. The monoisotopic (exact) mass is 239 g/mol. The Morgan fingerprint density at radius 3 is 2.56 bits per heavy atom. The summed E-state index contributed by atoms with van der Waals surface area (Å²) >= 11 is 6.07. The Balaban J connectivity index is 2.49. The third-order valence-corrected chi connectivity index (χ3v) is 3.09. The van der Waals surface area contributed by atoms with Gasteiger partial charge >= 0.3 is 0 Å². The summed E-state index contributed by atoms with van der Waals surface area (Å²) in [4.78, 5) is 11.7. The summed E-state index contributed by atoms with van der Waals surface area (Å²) in [6, 6.07) is 9.39. The molecule has 3 heteroatoms. The fourth-order valence-corrected chi connectivity index (χ4v) is 1.50. The summed E-state index contributed by atoms with van der Waals surface area (Å²) in [6.07, 6.45) is 1.05. The quantitative estimate of drug-likeness (QED) is 0.786. The van der Waals surface area contributed by atoms with Crippen LogP contribution in [0.1, 0.15) is 31.2 Å². The molecule has 0 aliphatic heterocycles. The standard InChI is InChI=1S/C13H18ClNO/c1-3-10(2)9-15-13(16)12(14)11-7-5-4-6-8-11/h4-8,10,12H,3,9H2,1-2H3,(H,15,16). The molecule has 88 valence electrons. The van der Waals surface area contributed by atoms with Gasteiger partial charge in [0.2, 0.25) is 5.91 Å². The molecule has 1 N–H and O–H groups in total. The number of hydrogen-bond acceptors (Lipinski definition) is 1. The molecule has 1 aromatic rings. The Kier molecular flexibility index (Phi) is 5.33. The first-order valence-electron chi connectivity index (χ1n) is 5.61. The van der Waals surface area contributed by atoms with E-state index in [0.29, 0.717) is 12.5 Å². The molecule has 0 spiro atoms. The molecule has 0 heterocycles. The van der Waals surface area contributed by atoms with E-state index >= 15 is 0 Å². The van der Waals surface area contributed by atoms with Gasteiger partial charge in [0.25, 0.3) is 0 Å². The molecule has 0 aliphatic rings. The van der Waals surface area contributed by atoms with Gasteiger partial charge in [0, 0.05) is 6.54 Å². The van der Waals surface area contributed by atoms with Crippen molar-refractivity contribution in [3.63, 3.8) is 0 Å². The minimum Gasteiger partial charge on any atom is -0.354 e. The van der Waals surface area contributed by atoms with E-state index in [9.17, 15) is 4.79 Å². The first kappa shape index (κ1) is 13.0. The van der Waals surface area contributed by atoms with Crippen LogP contribution in [-0.2, 0) is 4.79 Å². The smallest absolute Gasteiger partial charge is 0.242 e. The molecule has 2 unspecified atom stereocenters. The molecule has 2 nitrogen and oxygen atoms in total. The minimum atomic E-state index is -0.592. The van der Waals surface area contributed by atoms with Gasteiger partial charge in [0.15, 0.2) is 0 Å². The molecule has 0 bridgehead atoms. The van der Waals surface area contributed by atoms with Gasteiger partial charge in [-0.25, -0.2) is 0 Å². The topological polar surface area (TPSA) is 29.1 Å². The summed E-state index contributed by atoms with van der Waals surface area (Å²) < 4.78 is 0. The Labute approximate surface area is 102 Å². The maximum Gasteiger partial charge on any atom is 0.242 e. The molecule has 1 aromatic carbocycles. The maximum atomic E-state index is 11.7. The zero-order chi connectivity index (χ0) is 12.0. The van der Waals surface area contributed by atoms with Crippen LogP contribution in [0.25, 0.3) is 0 Å². The van der Waals surface area contributed by atoms with Gasteiger partial charge < -0.3 is 5.32 Å². The van der Waals surface area contributed by atoms with E-state index in [0.717, 1.165) is 12.0 Å². The normalized spacial score (nSPS) is 14.2. The Morgan fingerprint density at radius 1 is 1.38 bits per heavy atom. The second-order valence-corrected chi connectivity index (χ2v) is 4.47. The van der Waals surface area contributed by atoms with Gasteiger partial charge in [0.05, 0.1) is 0 Å². The predicted octanol–water partition coefficient (Wildman–Crippen LogP) is 3.13. The van der Waals surface area contributed by atoms with Crippen LogP contribution in [-0.4, -0.2) is 12.5 Å². The van der Waals surface area contributed by atoms with Crippen molar-refractivity contribution < 1.29 is 4.79 Å². The molecular weight excluding hydrogens is 222 g/mol. The number of carbonyl (C=O) groups excluding carboxylic acids is 1. The molecular formula is C13H18ClNO. The number of amides is 1. The number of alkyl halides is 1. The van der Waals surface area contributed by atoms with Gasteiger partial charge in [-0.15, -0.1) is 11.6 Å². The predicted molar refractivity (Wildman–Crippen MR) is 67.5 cm³/mol. The Bertz CT molecular complexity index is 326. The number of halogens is 1. The molecule has 0 saturated carbocycles. The lowest BCUT2D eigenvalue weighted by atomic mass is 10.1. The van der Waals surface area contributed by atoms with Crippen LogP contribution in [0.2, 0.25) is 0 Å². The van der Waals surface area contributed by atoms with Gasteiger partial charge in [-0.1, -0.05) is 50.6 Å². The number of benzene rings is 1. The van der Waals surface area contributed by atoms with Crippen LogP contribution in [0.3, 0.4) is 0 Å². The van der Waals surface area contributed by atoms with E-state index in [2.05, 4.69) is 19.2 Å². The molecule has 0 aromatic heterocycles. The molecule has 0 saturated heterocycles. The summed E-state index contributed by atoms with van der Waals surface area (Å²) in [6.45, 7) is 4.89. The Morgan fingerprint density at radius 2 is 2.00 bits per heavy atom. The van der Waals surface area contributed by atoms with E-state index in [1.165, 1.54) is 0 Å². The number of nitrogens with one attached hydrogen (secondary N) is 1. The average molecular weight is 240 g/mol. The molecule has 16 heavy (non-hydrogen) atoms. The zero-order valence-corrected chi connectivity index (χ0v) is 10.5. The van der Waals surface area contributed by atoms with E-state index in [-0.39, 0.29) is 5.91 Å². The largest absolute Gasteiger partial charge is 0.354 e. The van der Waals surface area contributed by atoms with Crippen LogP contribution >= 0.6 is 11.6 Å². The van der Waals surface area contributed by atoms with Gasteiger partial charge in [-0.3, -0.25) is 4.79 Å². The highest BCUT2D eigenvalue weighted by molar-refractivity contribution is 6.30. The van der Waals surface area contributed by atoms with Crippen LogP contribution in [0.15, 0.2) is 30.3 Å². The van der Waals surface area contributed by atoms with E-state index in [4.69, 9.17) is 11.6 Å². The highest BCUT2D eigenvalue weighted by Gasteiger charge is 2.17. The third kappa shape index (κ3) is 3.86. The van der Waals surface area contributed by atoms with Crippen molar-refractivity contribution in [3.05, 3.63) is 35.9 Å². The molecule has 0 fully saturated rings. The van der Waals surface area contributed by atoms with Crippen LogP contribution in [0.4, 0.5) is 0 Å². The fourth-order valence-electron chi connectivity index (χ4n) is 1.28. The maximum absolute atomic E-state index is 11.7. The van der Waals surface area contributed by atoms with Crippen molar-refractivity contribution in [2.75, 3.05) is 6.54 Å². The van der Waals surface area contributed by atoms with Gasteiger partial charge in [0.1, 0.15) is 5.38 Å². The summed E-state index contributed by atoms with van der Waals surface area (Å²) in [5.41, 5.74) is 0.839. The summed E-state index contributed by atoms with van der Waals surface area (Å²) in [5, 5.41) is 2.27. The summed E-state index contributed by atoms with van der Waals surface area (Å²) in [7, 11) is 0. The third-order valence-electron chi connectivity index (χ3n) is 2.64. The SMILES string of the molecule is CCC(C)CNC(=O)C(Cl)c1ccccc1. The second-order valence-electron chi connectivity index (χ2n) is 4.03. The Hall–Kier alpha value is -1.02. The van der Waals surface area contributed by atoms with Crippen molar-refractivity contribution in [2.24, 2.45) is 5.92 Å². The van der Waals surface area contributed by atoms with Crippen molar-refractivity contribution >= 4 is 17.5 Å². The van der Waals surface area contributed by atoms with E-state index in [1.54, 1.807) is 0 Å². The molecule has 1 amide bonds. The van der Waals surface area contributed by atoms with Gasteiger partial charge in [-0.05, 0) is 11.5 Å². The van der Waals surface area contributed by atoms with Crippen LogP contribution < -0.4 is 5.32 Å².